The van der Waals surface area contributed by atoms with Crippen molar-refractivity contribution < 1.29 is 19.1 Å². The van der Waals surface area contributed by atoms with Gasteiger partial charge in [0.05, 0.1) is 22.9 Å². The lowest BCUT2D eigenvalue weighted by molar-refractivity contribution is -0.132. The Balaban J connectivity index is 1.17. The monoisotopic (exact) mass is 562 g/mol. The first-order valence-corrected chi connectivity index (χ1v) is 14.7. The fourth-order valence-corrected chi connectivity index (χ4v) is 7.46. The van der Waals surface area contributed by atoms with Crippen molar-refractivity contribution in [2.75, 3.05) is 38.1 Å². The Kier molecular flexibility index (Phi) is 7.68. The van der Waals surface area contributed by atoms with Gasteiger partial charge in [0, 0.05) is 36.4 Å². The Bertz CT molecular complexity index is 1300. The van der Waals surface area contributed by atoms with Crippen molar-refractivity contribution in [3.8, 4) is 11.5 Å². The van der Waals surface area contributed by atoms with Crippen molar-refractivity contribution in [2.45, 2.75) is 36.7 Å². The number of carbonyl (C=O) groups excluding carboxylic acids is 3. The van der Waals surface area contributed by atoms with Crippen LogP contribution in [-0.2, 0) is 9.59 Å². The SMILES string of the molecule is CNCC(=O)N1CCC[C@@H](NC(=O)C2=C3NC(=O)N(c4ccc(Oc5ccccc5)cc4)C4CCNC(S2)C34)C1. The number of ether oxygens (including phenoxy) is 1. The van der Waals surface area contributed by atoms with Gasteiger partial charge >= 0.3 is 6.03 Å². The van der Waals surface area contributed by atoms with Crippen LogP contribution < -0.4 is 30.9 Å². The second-order valence-corrected chi connectivity index (χ2v) is 11.7. The molecule has 4 N–H and O–H groups in total. The Hall–Kier alpha value is -3.54. The topological polar surface area (TPSA) is 115 Å². The summed E-state index contributed by atoms with van der Waals surface area (Å²) in [7, 11) is 1.75. The summed E-state index contributed by atoms with van der Waals surface area (Å²) in [5.74, 6) is 1.27. The second kappa shape index (κ2) is 11.5. The minimum Gasteiger partial charge on any atom is -0.457 e. The number of amides is 4. The summed E-state index contributed by atoms with van der Waals surface area (Å²) in [6.45, 7) is 2.24. The molecule has 0 saturated carbocycles. The van der Waals surface area contributed by atoms with Crippen LogP contribution in [0.1, 0.15) is 19.3 Å². The van der Waals surface area contributed by atoms with Gasteiger partial charge in [0.25, 0.3) is 5.91 Å². The highest BCUT2D eigenvalue weighted by Crippen LogP contribution is 2.48. The molecule has 4 amide bonds. The van der Waals surface area contributed by atoms with Crippen LogP contribution in [0.2, 0.25) is 0 Å². The van der Waals surface area contributed by atoms with Gasteiger partial charge in [-0.25, -0.2) is 4.79 Å². The zero-order valence-electron chi connectivity index (χ0n) is 22.4. The summed E-state index contributed by atoms with van der Waals surface area (Å²) in [5, 5.41) is 12.7. The van der Waals surface area contributed by atoms with E-state index in [0.717, 1.165) is 37.2 Å². The lowest BCUT2D eigenvalue weighted by Gasteiger charge is -2.45. The first-order valence-electron chi connectivity index (χ1n) is 13.8. The standard InChI is InChI=1S/C29H34N6O4S/c1-30-16-23(36)34-15-5-6-18(17-34)32-27(37)26-25-24-22(13-14-31-28(24)40-26)35(29(38)33-25)19-9-11-21(12-10-19)39-20-7-3-2-4-8-20/h2-4,7-12,18,22,24,28,30-31H,5-6,13-17H2,1H3,(H,32,37)(H,33,38)/t18-,22?,24?,28?/m1/s1. The fraction of sp³-hybridized carbons (Fsp3) is 0.414. The average molecular weight is 563 g/mol. The molecule has 6 rings (SSSR count). The molecular weight excluding hydrogens is 528 g/mol. The highest BCUT2D eigenvalue weighted by atomic mass is 32.2. The molecule has 3 fully saturated rings. The van der Waals surface area contributed by atoms with Crippen LogP contribution in [0.4, 0.5) is 10.5 Å². The highest BCUT2D eigenvalue weighted by Gasteiger charge is 2.51. The van der Waals surface area contributed by atoms with Gasteiger partial charge in [-0.3, -0.25) is 14.5 Å². The number of piperidine rings is 2. The van der Waals surface area contributed by atoms with Gasteiger partial charge in [-0.1, -0.05) is 30.0 Å². The first-order chi connectivity index (χ1) is 19.5. The Labute approximate surface area is 237 Å². The Morgan fingerprint density at radius 2 is 1.85 bits per heavy atom. The van der Waals surface area contributed by atoms with E-state index in [1.807, 2.05) is 59.5 Å². The van der Waals surface area contributed by atoms with Gasteiger partial charge in [-0.05, 0) is 69.3 Å². The number of nitrogens with one attached hydrogen (secondary N) is 4. The Morgan fingerprint density at radius 3 is 2.62 bits per heavy atom. The van der Waals surface area contributed by atoms with E-state index in [0.29, 0.717) is 29.4 Å². The van der Waals surface area contributed by atoms with Crippen molar-refractivity contribution in [2.24, 2.45) is 5.92 Å². The number of rotatable bonds is 7. The molecule has 2 aromatic carbocycles. The molecule has 0 radical (unpaired) electrons. The molecule has 40 heavy (non-hydrogen) atoms. The van der Waals surface area contributed by atoms with E-state index in [-0.39, 0.29) is 47.8 Å². The summed E-state index contributed by atoms with van der Waals surface area (Å²) in [4.78, 5) is 43.5. The number of hydrogen-bond acceptors (Lipinski definition) is 7. The molecule has 3 saturated heterocycles. The molecular formula is C29H34N6O4S. The molecule has 0 spiro atoms. The molecule has 3 unspecified atom stereocenters. The second-order valence-electron chi connectivity index (χ2n) is 10.5. The molecule has 4 aliphatic rings. The molecule has 4 atom stereocenters. The lowest BCUT2D eigenvalue weighted by Crippen LogP contribution is -2.62. The van der Waals surface area contributed by atoms with E-state index >= 15 is 0 Å². The van der Waals surface area contributed by atoms with Crippen LogP contribution in [-0.4, -0.2) is 73.4 Å². The van der Waals surface area contributed by atoms with Crippen molar-refractivity contribution in [1.82, 2.24) is 26.2 Å². The van der Waals surface area contributed by atoms with Crippen molar-refractivity contribution in [3.05, 3.63) is 65.2 Å². The number of carbonyl (C=O) groups is 3. The quantitative estimate of drug-likeness (QED) is 0.410. The van der Waals surface area contributed by atoms with E-state index in [1.165, 1.54) is 11.8 Å². The molecule has 2 aromatic rings. The van der Waals surface area contributed by atoms with Gasteiger partial charge in [0.1, 0.15) is 11.5 Å². The van der Waals surface area contributed by atoms with Crippen LogP contribution in [0.3, 0.4) is 0 Å². The van der Waals surface area contributed by atoms with Crippen molar-refractivity contribution in [1.29, 1.82) is 0 Å². The molecule has 210 valence electrons. The van der Waals surface area contributed by atoms with Crippen LogP contribution in [0.5, 0.6) is 11.5 Å². The smallest absolute Gasteiger partial charge is 0.326 e. The number of nitrogens with zero attached hydrogens (tertiary/aromatic N) is 2. The summed E-state index contributed by atoms with van der Waals surface area (Å²) in [5.41, 5.74) is 1.49. The third kappa shape index (κ3) is 5.28. The van der Waals surface area contributed by atoms with E-state index < -0.39 is 0 Å². The normalized spacial score (nSPS) is 25.8. The van der Waals surface area contributed by atoms with Gasteiger partial charge in [0.2, 0.25) is 5.91 Å². The van der Waals surface area contributed by atoms with Gasteiger partial charge in [0.15, 0.2) is 0 Å². The fourth-order valence-electron chi connectivity index (χ4n) is 6.06. The van der Waals surface area contributed by atoms with Gasteiger partial charge in [-0.15, -0.1) is 0 Å². The molecule has 0 aliphatic carbocycles. The average Bonchev–Trinajstić information content (AvgIpc) is 3.34. The number of urea groups is 1. The van der Waals surface area contributed by atoms with E-state index in [2.05, 4.69) is 21.3 Å². The van der Waals surface area contributed by atoms with Gasteiger partial charge in [-0.2, -0.15) is 0 Å². The summed E-state index contributed by atoms with van der Waals surface area (Å²) < 4.78 is 5.92. The zero-order chi connectivity index (χ0) is 27.6. The van der Waals surface area contributed by atoms with E-state index in [9.17, 15) is 14.4 Å². The number of hydrogen-bond donors (Lipinski definition) is 4. The van der Waals surface area contributed by atoms with Crippen LogP contribution >= 0.6 is 11.8 Å². The van der Waals surface area contributed by atoms with Crippen LogP contribution in [0.25, 0.3) is 0 Å². The number of benzene rings is 2. The molecule has 4 heterocycles. The summed E-state index contributed by atoms with van der Waals surface area (Å²) in [6.07, 6.45) is 2.44. The molecule has 10 nitrogen and oxygen atoms in total. The maximum Gasteiger partial charge on any atom is 0.326 e. The maximum absolute atomic E-state index is 13.5. The third-order valence-electron chi connectivity index (χ3n) is 7.88. The number of likely N-dealkylation sites (N-methyl/N-ethyl adjacent to an activating group) is 1. The van der Waals surface area contributed by atoms with Crippen LogP contribution in [0.15, 0.2) is 65.2 Å². The number of likely N-dealkylation sites (tertiary alicyclic amines) is 1. The largest absolute Gasteiger partial charge is 0.457 e. The molecule has 0 bridgehead atoms. The van der Waals surface area contributed by atoms with Gasteiger partial charge < -0.3 is 30.9 Å². The number of thioether (sulfide) groups is 1. The Morgan fingerprint density at radius 1 is 1.07 bits per heavy atom. The maximum atomic E-state index is 13.5. The minimum atomic E-state index is -0.233. The summed E-state index contributed by atoms with van der Waals surface area (Å²) in [6, 6.07) is 16.7. The van der Waals surface area contributed by atoms with Crippen molar-refractivity contribution >= 4 is 35.3 Å². The molecule has 11 heteroatoms. The zero-order valence-corrected chi connectivity index (χ0v) is 23.2. The van der Waals surface area contributed by atoms with Crippen LogP contribution in [0, 0.1) is 5.92 Å². The van der Waals surface area contributed by atoms with E-state index in [1.54, 1.807) is 11.9 Å². The molecule has 4 aliphatic heterocycles. The van der Waals surface area contributed by atoms with E-state index in [4.69, 9.17) is 4.74 Å². The van der Waals surface area contributed by atoms with Crippen molar-refractivity contribution in [3.63, 3.8) is 0 Å². The lowest BCUT2D eigenvalue weighted by atomic mass is 9.86. The first kappa shape index (κ1) is 26.7. The number of para-hydroxylation sites is 1. The highest BCUT2D eigenvalue weighted by molar-refractivity contribution is 8.04. The number of anilines is 1. The predicted molar refractivity (Wildman–Crippen MR) is 154 cm³/mol. The summed E-state index contributed by atoms with van der Waals surface area (Å²) >= 11 is 1.49. The predicted octanol–water partition coefficient (Wildman–Crippen LogP) is 2.60. The minimum absolute atomic E-state index is 0.00153. The third-order valence-corrected chi connectivity index (χ3v) is 9.23. The molecule has 0 aromatic heterocycles.